The van der Waals surface area contributed by atoms with Gasteiger partial charge in [0.05, 0.1) is 17.8 Å². The molecule has 0 spiro atoms. The quantitative estimate of drug-likeness (QED) is 0.639. The lowest BCUT2D eigenvalue weighted by atomic mass is 10.2. The van der Waals surface area contributed by atoms with Gasteiger partial charge in [0.15, 0.2) is 0 Å². The van der Waals surface area contributed by atoms with Crippen LogP contribution in [0.1, 0.15) is 32.2 Å². The maximum Gasteiger partial charge on any atom is 0.320 e. The van der Waals surface area contributed by atoms with E-state index >= 15 is 0 Å². The number of urea groups is 1. The Kier molecular flexibility index (Phi) is 4.55. The lowest BCUT2D eigenvalue weighted by Gasteiger charge is -2.15. The van der Waals surface area contributed by atoms with Gasteiger partial charge in [-0.05, 0) is 44.2 Å². The first-order valence-corrected chi connectivity index (χ1v) is 9.09. The number of aromatic nitrogens is 5. The summed E-state index contributed by atoms with van der Waals surface area (Å²) in [4.78, 5) is 12.1. The molecule has 1 aliphatic carbocycles. The summed E-state index contributed by atoms with van der Waals surface area (Å²) < 4.78 is 3.76. The molecule has 0 saturated heterocycles. The smallest absolute Gasteiger partial charge is 0.320 e. The van der Waals surface area contributed by atoms with Gasteiger partial charge in [0, 0.05) is 19.2 Å². The molecule has 1 fully saturated rings. The third kappa shape index (κ3) is 3.54. The average molecular weight is 353 g/mol. The van der Waals surface area contributed by atoms with Crippen molar-refractivity contribution in [2.45, 2.75) is 38.8 Å². The first-order valence-electron chi connectivity index (χ1n) is 9.09. The Hall–Kier alpha value is -2.90. The zero-order valence-electron chi connectivity index (χ0n) is 14.8. The highest BCUT2D eigenvalue weighted by atomic mass is 16.2. The predicted octanol–water partition coefficient (Wildman–Crippen LogP) is 2.81. The molecule has 8 heteroatoms. The van der Waals surface area contributed by atoms with E-state index in [4.69, 9.17) is 0 Å². The Morgan fingerprint density at radius 2 is 2.15 bits per heavy atom. The maximum absolute atomic E-state index is 12.1. The van der Waals surface area contributed by atoms with Crippen molar-refractivity contribution in [3.05, 3.63) is 36.5 Å². The topological polar surface area (TPSA) is 89.7 Å². The van der Waals surface area contributed by atoms with Gasteiger partial charge in [-0.2, -0.15) is 5.10 Å². The summed E-state index contributed by atoms with van der Waals surface area (Å²) in [6.45, 7) is 3.42. The third-order valence-electron chi connectivity index (χ3n) is 4.85. The van der Waals surface area contributed by atoms with Gasteiger partial charge in [-0.1, -0.05) is 17.3 Å². The Bertz CT molecular complexity index is 896. The molecule has 2 heterocycles. The highest BCUT2D eigenvalue weighted by Gasteiger charge is 2.30. The number of hydrogen-bond acceptors (Lipinski definition) is 4. The number of hydrogen-bond donors (Lipinski definition) is 2. The molecule has 1 aliphatic rings. The lowest BCUT2D eigenvalue weighted by Crippen LogP contribution is -2.31. The fourth-order valence-electron chi connectivity index (χ4n) is 3.19. The van der Waals surface area contributed by atoms with E-state index in [-0.39, 0.29) is 6.03 Å². The molecule has 8 nitrogen and oxygen atoms in total. The molecule has 136 valence electrons. The zero-order valence-corrected chi connectivity index (χ0v) is 14.8. The molecule has 0 bridgehead atoms. The van der Waals surface area contributed by atoms with Crippen molar-refractivity contribution in [2.24, 2.45) is 5.92 Å². The van der Waals surface area contributed by atoms with Gasteiger partial charge >= 0.3 is 6.03 Å². The van der Waals surface area contributed by atoms with E-state index in [2.05, 4.69) is 33.0 Å². The molecule has 0 radical (unpaired) electrons. The van der Waals surface area contributed by atoms with Gasteiger partial charge in [0.25, 0.3) is 0 Å². The van der Waals surface area contributed by atoms with Crippen LogP contribution in [0, 0.1) is 5.92 Å². The summed E-state index contributed by atoms with van der Waals surface area (Å²) in [5, 5.41) is 18.4. The summed E-state index contributed by atoms with van der Waals surface area (Å²) in [6.07, 6.45) is 4.98. The molecule has 1 atom stereocenters. The highest BCUT2D eigenvalue weighted by molar-refractivity contribution is 5.88. The van der Waals surface area contributed by atoms with Crippen LogP contribution in [0.4, 0.5) is 10.6 Å². The maximum atomic E-state index is 12.1. The van der Waals surface area contributed by atoms with Crippen LogP contribution in [0.25, 0.3) is 11.0 Å². The van der Waals surface area contributed by atoms with Crippen molar-refractivity contribution in [2.75, 3.05) is 11.9 Å². The van der Waals surface area contributed by atoms with E-state index in [1.165, 1.54) is 12.8 Å². The lowest BCUT2D eigenvalue weighted by molar-refractivity contribution is 0.251. The summed E-state index contributed by atoms with van der Waals surface area (Å²) >= 11 is 0. The molecule has 26 heavy (non-hydrogen) atoms. The van der Waals surface area contributed by atoms with Crippen LogP contribution in [0.2, 0.25) is 0 Å². The molecule has 0 aliphatic heterocycles. The fourth-order valence-corrected chi connectivity index (χ4v) is 3.19. The number of nitrogens with zero attached hydrogens (tertiary/aromatic N) is 5. The van der Waals surface area contributed by atoms with Crippen LogP contribution in [0.3, 0.4) is 0 Å². The van der Waals surface area contributed by atoms with Crippen LogP contribution in [-0.2, 0) is 6.54 Å². The van der Waals surface area contributed by atoms with E-state index < -0.39 is 0 Å². The molecule has 1 saturated carbocycles. The van der Waals surface area contributed by atoms with Crippen LogP contribution in [0.15, 0.2) is 36.5 Å². The van der Waals surface area contributed by atoms with Crippen molar-refractivity contribution in [3.8, 4) is 0 Å². The van der Waals surface area contributed by atoms with Crippen LogP contribution < -0.4 is 10.6 Å². The summed E-state index contributed by atoms with van der Waals surface area (Å²) in [5.41, 5.74) is 1.89. The Morgan fingerprint density at radius 1 is 1.31 bits per heavy atom. The summed E-state index contributed by atoms with van der Waals surface area (Å²) in [5.74, 6) is 1.42. The molecule has 2 amide bonds. The van der Waals surface area contributed by atoms with Crippen molar-refractivity contribution >= 4 is 22.9 Å². The van der Waals surface area contributed by atoms with Gasteiger partial charge in [-0.15, -0.1) is 5.10 Å². The number of anilines is 1. The van der Waals surface area contributed by atoms with Gasteiger partial charge in [0.1, 0.15) is 11.3 Å². The van der Waals surface area contributed by atoms with Crippen molar-refractivity contribution in [3.63, 3.8) is 0 Å². The molecule has 2 N–H and O–H groups in total. The minimum atomic E-state index is -0.210. The molecule has 2 aromatic heterocycles. The normalized spacial score (nSPS) is 15.1. The predicted molar refractivity (Wildman–Crippen MR) is 98.8 cm³/mol. The number of rotatable bonds is 7. The second kappa shape index (κ2) is 7.15. The number of carbonyl (C=O) groups excluding carboxylic acids is 1. The zero-order chi connectivity index (χ0) is 17.9. The number of aryl methyl sites for hydroxylation is 1. The fraction of sp³-hybridized carbons (Fsp3) is 0.444. The van der Waals surface area contributed by atoms with Crippen molar-refractivity contribution < 1.29 is 4.79 Å². The van der Waals surface area contributed by atoms with E-state index in [9.17, 15) is 4.79 Å². The molecule has 4 rings (SSSR count). The minimum absolute atomic E-state index is 0.210. The van der Waals surface area contributed by atoms with E-state index in [0.29, 0.717) is 25.0 Å². The average Bonchev–Trinajstić information content (AvgIpc) is 3.27. The molecular formula is C18H23N7O. The standard InChI is InChI=1S/C18H23N7O/c1-13(14-7-8-14)25-17(9-11-20-25)21-18(26)19-10-4-12-24-16-6-3-2-5-15(16)22-23-24/h2-3,5-6,9,11,13-14H,4,7-8,10,12H2,1H3,(H2,19,21,26)/t13-/m0/s1. The first-order chi connectivity index (χ1) is 12.7. The number of para-hydroxylation sites is 1. The number of amides is 2. The first kappa shape index (κ1) is 16.6. The van der Waals surface area contributed by atoms with Crippen LogP contribution >= 0.6 is 0 Å². The number of carbonyl (C=O) groups is 1. The molecule has 0 unspecified atom stereocenters. The Balaban J connectivity index is 1.25. The second-order valence-corrected chi connectivity index (χ2v) is 6.77. The Labute approximate surface area is 151 Å². The van der Waals surface area contributed by atoms with Gasteiger partial charge < -0.3 is 5.32 Å². The Morgan fingerprint density at radius 3 is 3.00 bits per heavy atom. The van der Waals surface area contributed by atoms with Gasteiger partial charge in [-0.3, -0.25) is 5.32 Å². The molecule has 1 aromatic carbocycles. The summed E-state index contributed by atoms with van der Waals surface area (Å²) in [7, 11) is 0. The van der Waals surface area contributed by atoms with E-state index in [1.807, 2.05) is 39.7 Å². The molecule has 3 aromatic rings. The molecular weight excluding hydrogens is 330 g/mol. The highest BCUT2D eigenvalue weighted by Crippen LogP contribution is 2.40. The monoisotopic (exact) mass is 353 g/mol. The van der Waals surface area contributed by atoms with Gasteiger partial charge in [-0.25, -0.2) is 14.2 Å². The van der Waals surface area contributed by atoms with Crippen LogP contribution in [0.5, 0.6) is 0 Å². The van der Waals surface area contributed by atoms with Crippen molar-refractivity contribution in [1.29, 1.82) is 0 Å². The number of benzene rings is 1. The van der Waals surface area contributed by atoms with Crippen LogP contribution in [-0.4, -0.2) is 37.4 Å². The van der Waals surface area contributed by atoms with E-state index in [1.54, 1.807) is 6.20 Å². The van der Waals surface area contributed by atoms with Crippen molar-refractivity contribution in [1.82, 2.24) is 30.1 Å². The largest absolute Gasteiger partial charge is 0.338 e. The van der Waals surface area contributed by atoms with E-state index in [0.717, 1.165) is 23.3 Å². The SMILES string of the molecule is C[C@@H](C1CC1)n1nccc1NC(=O)NCCCn1nnc2ccccc21. The second-order valence-electron chi connectivity index (χ2n) is 6.77. The van der Waals surface area contributed by atoms with Gasteiger partial charge in [0.2, 0.25) is 0 Å². The number of fused-ring (bicyclic) bond motifs is 1. The minimum Gasteiger partial charge on any atom is -0.338 e. The summed E-state index contributed by atoms with van der Waals surface area (Å²) in [6, 6.07) is 9.80. The third-order valence-corrected chi connectivity index (χ3v) is 4.85. The number of nitrogens with one attached hydrogen (secondary N) is 2.